The minimum absolute atomic E-state index is 0.0511. The van der Waals surface area contributed by atoms with Crippen LogP contribution in [0.25, 0.3) is 0 Å². The maximum atomic E-state index is 13.1. The Labute approximate surface area is 194 Å². The van der Waals surface area contributed by atoms with Gasteiger partial charge in [0.15, 0.2) is 6.61 Å². The Bertz CT molecular complexity index is 900. The van der Waals surface area contributed by atoms with E-state index in [0.717, 1.165) is 28.4 Å². The quantitative estimate of drug-likeness (QED) is 0.509. The van der Waals surface area contributed by atoms with Crippen LogP contribution in [0.3, 0.4) is 0 Å². The summed E-state index contributed by atoms with van der Waals surface area (Å²) in [5, 5.41) is 2.98. The molecular weight excluding hydrogens is 456 g/mol. The molecule has 2 aromatic carbocycles. The van der Waals surface area contributed by atoms with Crippen LogP contribution in [0.1, 0.15) is 50.8 Å². The molecule has 0 spiro atoms. The van der Waals surface area contributed by atoms with Crippen molar-refractivity contribution in [2.24, 2.45) is 0 Å². The summed E-state index contributed by atoms with van der Waals surface area (Å²) in [6.45, 7) is 10.0. The highest BCUT2D eigenvalue weighted by Crippen LogP contribution is 2.26. The van der Waals surface area contributed by atoms with E-state index >= 15 is 0 Å². The number of rotatable bonds is 10. The SMILES string of the molecule is CCc1ccc(OCC(=O)N(Cc2cccc(C)c2)[C@@H](C)C(=O)N[C@@H](C)CC)c(Br)c1. The van der Waals surface area contributed by atoms with Gasteiger partial charge in [-0.1, -0.05) is 49.7 Å². The Morgan fingerprint density at radius 2 is 1.84 bits per heavy atom. The Kier molecular flexibility index (Phi) is 9.56. The van der Waals surface area contributed by atoms with Gasteiger partial charge in [0.1, 0.15) is 11.8 Å². The molecule has 2 amide bonds. The third kappa shape index (κ3) is 7.39. The largest absolute Gasteiger partial charge is 0.483 e. The number of amides is 2. The molecule has 0 saturated heterocycles. The van der Waals surface area contributed by atoms with Crippen molar-refractivity contribution in [3.8, 4) is 5.75 Å². The third-order valence-electron chi connectivity index (χ3n) is 5.36. The number of hydrogen-bond acceptors (Lipinski definition) is 3. The molecule has 0 bridgehead atoms. The highest BCUT2D eigenvalue weighted by molar-refractivity contribution is 9.10. The first-order chi connectivity index (χ1) is 14.7. The second-order valence-electron chi connectivity index (χ2n) is 7.91. The van der Waals surface area contributed by atoms with Crippen molar-refractivity contribution < 1.29 is 14.3 Å². The Morgan fingerprint density at radius 3 is 2.45 bits per heavy atom. The molecule has 0 aromatic heterocycles. The van der Waals surface area contributed by atoms with E-state index in [1.807, 2.05) is 63.2 Å². The molecule has 2 atom stereocenters. The minimum atomic E-state index is -0.614. The standard InChI is InChI=1S/C25H33BrN2O3/c1-6-18(4)27-25(30)19(5)28(15-21-10-8-9-17(3)13-21)24(29)16-31-23-12-11-20(7-2)14-22(23)26/h8-14,18-19H,6-7,15-16H2,1-5H3,(H,27,30)/t18-,19-/m0/s1. The molecule has 5 nitrogen and oxygen atoms in total. The van der Waals surface area contributed by atoms with Crippen molar-refractivity contribution in [1.82, 2.24) is 10.2 Å². The van der Waals surface area contributed by atoms with Crippen molar-refractivity contribution in [2.75, 3.05) is 6.61 Å². The summed E-state index contributed by atoms with van der Waals surface area (Å²) in [5.74, 6) is 0.210. The Morgan fingerprint density at radius 1 is 1.10 bits per heavy atom. The smallest absolute Gasteiger partial charge is 0.261 e. The molecule has 0 fully saturated rings. The summed E-state index contributed by atoms with van der Waals surface area (Å²) in [6, 6.07) is 13.2. The Balaban J connectivity index is 2.17. The van der Waals surface area contributed by atoms with Gasteiger partial charge < -0.3 is 15.0 Å². The predicted octanol–water partition coefficient (Wildman–Crippen LogP) is 5.03. The molecular formula is C25H33BrN2O3. The molecule has 6 heteroatoms. The van der Waals surface area contributed by atoms with E-state index in [-0.39, 0.29) is 24.5 Å². The number of aryl methyl sites for hydroxylation is 2. The lowest BCUT2D eigenvalue weighted by Gasteiger charge is -2.29. The van der Waals surface area contributed by atoms with Crippen LogP contribution in [0.4, 0.5) is 0 Å². The highest BCUT2D eigenvalue weighted by Gasteiger charge is 2.27. The van der Waals surface area contributed by atoms with E-state index in [9.17, 15) is 9.59 Å². The summed E-state index contributed by atoms with van der Waals surface area (Å²) in [6.07, 6.45) is 1.75. The van der Waals surface area contributed by atoms with Crippen LogP contribution in [-0.4, -0.2) is 35.4 Å². The molecule has 0 aliphatic heterocycles. The second-order valence-corrected chi connectivity index (χ2v) is 8.77. The summed E-state index contributed by atoms with van der Waals surface area (Å²) < 4.78 is 6.62. The van der Waals surface area contributed by atoms with Crippen molar-refractivity contribution in [3.63, 3.8) is 0 Å². The maximum absolute atomic E-state index is 13.1. The van der Waals surface area contributed by atoms with Crippen LogP contribution in [0.5, 0.6) is 5.75 Å². The van der Waals surface area contributed by atoms with E-state index in [1.54, 1.807) is 11.8 Å². The van der Waals surface area contributed by atoms with Crippen LogP contribution in [0.2, 0.25) is 0 Å². The zero-order valence-corrected chi connectivity index (χ0v) is 20.7. The van der Waals surface area contributed by atoms with E-state index < -0.39 is 6.04 Å². The number of nitrogens with one attached hydrogen (secondary N) is 1. The summed E-state index contributed by atoms with van der Waals surface area (Å²) >= 11 is 3.51. The van der Waals surface area contributed by atoms with E-state index in [2.05, 4.69) is 28.2 Å². The first-order valence-electron chi connectivity index (χ1n) is 10.8. The number of ether oxygens (including phenoxy) is 1. The van der Waals surface area contributed by atoms with Gasteiger partial charge in [0.2, 0.25) is 5.91 Å². The Hall–Kier alpha value is -2.34. The molecule has 2 rings (SSSR count). The summed E-state index contributed by atoms with van der Waals surface area (Å²) in [4.78, 5) is 27.5. The first-order valence-corrected chi connectivity index (χ1v) is 11.6. The summed E-state index contributed by atoms with van der Waals surface area (Å²) in [7, 11) is 0. The topological polar surface area (TPSA) is 58.6 Å². The zero-order chi connectivity index (χ0) is 23.0. The van der Waals surface area contributed by atoms with Crippen molar-refractivity contribution in [3.05, 3.63) is 63.6 Å². The number of hydrogen-bond donors (Lipinski definition) is 1. The van der Waals surface area contributed by atoms with Crippen molar-refractivity contribution in [2.45, 2.75) is 66.1 Å². The molecule has 1 N–H and O–H groups in total. The van der Waals surface area contributed by atoms with Crippen LogP contribution in [0.15, 0.2) is 46.9 Å². The highest BCUT2D eigenvalue weighted by atomic mass is 79.9. The average molecular weight is 489 g/mol. The molecule has 168 valence electrons. The van der Waals surface area contributed by atoms with Gasteiger partial charge in [-0.15, -0.1) is 0 Å². The van der Waals surface area contributed by atoms with Gasteiger partial charge in [0, 0.05) is 12.6 Å². The van der Waals surface area contributed by atoms with Gasteiger partial charge in [-0.2, -0.15) is 0 Å². The average Bonchev–Trinajstić information content (AvgIpc) is 2.75. The predicted molar refractivity (Wildman–Crippen MR) is 128 cm³/mol. The van der Waals surface area contributed by atoms with E-state index in [1.165, 1.54) is 5.56 Å². The number of benzene rings is 2. The summed E-state index contributed by atoms with van der Waals surface area (Å²) in [5.41, 5.74) is 3.27. The van der Waals surface area contributed by atoms with Crippen LogP contribution in [0, 0.1) is 6.92 Å². The zero-order valence-electron chi connectivity index (χ0n) is 19.1. The fraction of sp³-hybridized carbons (Fsp3) is 0.440. The fourth-order valence-corrected chi connectivity index (χ4v) is 3.70. The number of carbonyl (C=O) groups is 2. The minimum Gasteiger partial charge on any atom is -0.483 e. The molecule has 0 saturated carbocycles. The lowest BCUT2D eigenvalue weighted by Crippen LogP contribution is -2.50. The monoisotopic (exact) mass is 488 g/mol. The van der Waals surface area contributed by atoms with Gasteiger partial charge in [-0.05, 0) is 72.8 Å². The van der Waals surface area contributed by atoms with Gasteiger partial charge in [-0.3, -0.25) is 9.59 Å². The van der Waals surface area contributed by atoms with Gasteiger partial charge in [0.25, 0.3) is 5.91 Å². The second kappa shape index (κ2) is 11.9. The lowest BCUT2D eigenvalue weighted by atomic mass is 10.1. The molecule has 0 unspecified atom stereocenters. The van der Waals surface area contributed by atoms with Crippen LogP contribution in [-0.2, 0) is 22.6 Å². The first kappa shape index (κ1) is 24.9. The molecule has 0 aliphatic carbocycles. The maximum Gasteiger partial charge on any atom is 0.261 e. The van der Waals surface area contributed by atoms with Crippen LogP contribution >= 0.6 is 15.9 Å². The van der Waals surface area contributed by atoms with Crippen molar-refractivity contribution in [1.29, 1.82) is 0 Å². The number of nitrogens with zero attached hydrogens (tertiary/aromatic N) is 1. The van der Waals surface area contributed by atoms with Gasteiger partial charge in [0.05, 0.1) is 4.47 Å². The number of carbonyl (C=O) groups excluding carboxylic acids is 2. The molecule has 2 aromatic rings. The molecule has 31 heavy (non-hydrogen) atoms. The number of halogens is 1. The van der Waals surface area contributed by atoms with E-state index in [0.29, 0.717) is 12.3 Å². The lowest BCUT2D eigenvalue weighted by molar-refractivity contribution is -0.142. The van der Waals surface area contributed by atoms with Crippen molar-refractivity contribution >= 4 is 27.7 Å². The van der Waals surface area contributed by atoms with E-state index in [4.69, 9.17) is 4.74 Å². The third-order valence-corrected chi connectivity index (χ3v) is 5.98. The molecule has 0 heterocycles. The van der Waals surface area contributed by atoms with Gasteiger partial charge in [-0.25, -0.2) is 0 Å². The molecule has 0 aliphatic rings. The molecule has 0 radical (unpaired) electrons. The fourth-order valence-electron chi connectivity index (χ4n) is 3.16. The van der Waals surface area contributed by atoms with Crippen LogP contribution < -0.4 is 10.1 Å². The van der Waals surface area contributed by atoms with Gasteiger partial charge >= 0.3 is 0 Å². The normalized spacial score (nSPS) is 12.7.